The first-order chi connectivity index (χ1) is 10.2. The lowest BCUT2D eigenvalue weighted by Gasteiger charge is -2.11. The van der Waals surface area contributed by atoms with Gasteiger partial charge in [-0.05, 0) is 31.0 Å². The van der Waals surface area contributed by atoms with E-state index in [0.717, 1.165) is 36.2 Å². The van der Waals surface area contributed by atoms with Crippen molar-refractivity contribution in [3.05, 3.63) is 50.9 Å². The quantitative estimate of drug-likeness (QED) is 0.415. The highest BCUT2D eigenvalue weighted by atomic mass is 127. The number of nitrogens with one attached hydrogen (secondary N) is 2. The Morgan fingerprint density at radius 2 is 2.18 bits per heavy atom. The fraction of sp³-hybridized carbons (Fsp3) is 0.333. The molecule has 0 aliphatic heterocycles. The first-order valence-electron chi connectivity index (χ1n) is 6.77. The second-order valence-electron chi connectivity index (χ2n) is 4.59. The maximum Gasteiger partial charge on any atom is 0.191 e. The lowest BCUT2D eigenvalue weighted by molar-refractivity contribution is 0.796. The molecule has 0 bridgehead atoms. The van der Waals surface area contributed by atoms with Gasteiger partial charge in [-0.1, -0.05) is 23.7 Å². The zero-order valence-electron chi connectivity index (χ0n) is 12.6. The van der Waals surface area contributed by atoms with E-state index in [1.165, 1.54) is 10.4 Å². The normalized spacial score (nSPS) is 11.0. The smallest absolute Gasteiger partial charge is 0.191 e. The summed E-state index contributed by atoms with van der Waals surface area (Å²) in [4.78, 5) is 9.68. The summed E-state index contributed by atoms with van der Waals surface area (Å²) in [7, 11) is 1.77. The Kier molecular flexibility index (Phi) is 8.74. The summed E-state index contributed by atoms with van der Waals surface area (Å²) >= 11 is 7.63. The van der Waals surface area contributed by atoms with Gasteiger partial charge in [0.05, 0.1) is 17.7 Å². The standard InChI is InChI=1S/C15H19ClN4S.HI/c1-11-14(21-10-20-11)9-19-15(17-2)18-7-6-12-4-3-5-13(16)8-12;/h3-5,8,10H,6-7,9H2,1-2H3,(H2,17,18,19);1H. The van der Waals surface area contributed by atoms with Crippen LogP contribution in [0.2, 0.25) is 5.02 Å². The second-order valence-corrected chi connectivity index (χ2v) is 5.97. The van der Waals surface area contributed by atoms with Crippen LogP contribution in [0.25, 0.3) is 0 Å². The van der Waals surface area contributed by atoms with Crippen LogP contribution in [-0.4, -0.2) is 24.5 Å². The number of aliphatic imine (C=N–C) groups is 1. The van der Waals surface area contributed by atoms with E-state index in [1.807, 2.05) is 30.6 Å². The highest BCUT2D eigenvalue weighted by Crippen LogP contribution is 2.11. The minimum absolute atomic E-state index is 0. The predicted molar refractivity (Wildman–Crippen MR) is 106 cm³/mol. The number of rotatable bonds is 5. The molecular weight excluding hydrogens is 431 g/mol. The van der Waals surface area contributed by atoms with E-state index >= 15 is 0 Å². The third-order valence-corrected chi connectivity index (χ3v) is 4.25. The number of aromatic nitrogens is 1. The van der Waals surface area contributed by atoms with Gasteiger partial charge in [-0.15, -0.1) is 35.3 Å². The van der Waals surface area contributed by atoms with Gasteiger partial charge in [-0.25, -0.2) is 4.98 Å². The number of thiazole rings is 1. The molecule has 0 aliphatic carbocycles. The van der Waals surface area contributed by atoms with Gasteiger partial charge in [-0.2, -0.15) is 0 Å². The van der Waals surface area contributed by atoms with E-state index in [2.05, 4.69) is 26.7 Å². The Morgan fingerprint density at radius 3 is 2.82 bits per heavy atom. The average Bonchev–Trinajstić information content (AvgIpc) is 2.88. The van der Waals surface area contributed by atoms with Crippen LogP contribution in [0, 0.1) is 6.92 Å². The molecule has 0 spiro atoms. The molecule has 1 aromatic heterocycles. The van der Waals surface area contributed by atoms with Crippen LogP contribution in [0.3, 0.4) is 0 Å². The topological polar surface area (TPSA) is 49.3 Å². The number of hydrogen-bond acceptors (Lipinski definition) is 3. The van der Waals surface area contributed by atoms with Crippen LogP contribution in [0.1, 0.15) is 16.1 Å². The van der Waals surface area contributed by atoms with Crippen LogP contribution in [0.15, 0.2) is 34.8 Å². The van der Waals surface area contributed by atoms with E-state index in [4.69, 9.17) is 11.6 Å². The first kappa shape index (κ1) is 19.2. The monoisotopic (exact) mass is 450 g/mol. The largest absolute Gasteiger partial charge is 0.356 e. The molecule has 0 saturated carbocycles. The summed E-state index contributed by atoms with van der Waals surface area (Å²) in [6, 6.07) is 7.91. The molecule has 2 N–H and O–H groups in total. The minimum Gasteiger partial charge on any atom is -0.356 e. The van der Waals surface area contributed by atoms with Crippen molar-refractivity contribution < 1.29 is 0 Å². The molecule has 0 saturated heterocycles. The Hall–Kier alpha value is -0.860. The zero-order chi connectivity index (χ0) is 15.1. The third-order valence-electron chi connectivity index (χ3n) is 3.08. The van der Waals surface area contributed by atoms with Crippen molar-refractivity contribution >= 4 is 52.9 Å². The van der Waals surface area contributed by atoms with E-state index in [1.54, 1.807) is 18.4 Å². The summed E-state index contributed by atoms with van der Waals surface area (Å²) in [6.07, 6.45) is 0.904. The summed E-state index contributed by atoms with van der Waals surface area (Å²) in [5.41, 5.74) is 4.15. The summed E-state index contributed by atoms with van der Waals surface area (Å²) < 4.78 is 0. The molecule has 0 unspecified atom stereocenters. The van der Waals surface area contributed by atoms with Crippen LogP contribution in [-0.2, 0) is 13.0 Å². The molecule has 0 fully saturated rings. The summed E-state index contributed by atoms with van der Waals surface area (Å²) in [6.45, 7) is 3.57. The highest BCUT2D eigenvalue weighted by molar-refractivity contribution is 14.0. The molecule has 2 rings (SSSR count). The fourth-order valence-corrected chi connectivity index (χ4v) is 2.83. The Labute approximate surface area is 157 Å². The van der Waals surface area contributed by atoms with E-state index in [0.29, 0.717) is 0 Å². The van der Waals surface area contributed by atoms with E-state index in [9.17, 15) is 0 Å². The molecule has 4 nitrogen and oxygen atoms in total. The van der Waals surface area contributed by atoms with Gasteiger partial charge in [0, 0.05) is 23.5 Å². The van der Waals surface area contributed by atoms with Crippen molar-refractivity contribution in [1.29, 1.82) is 0 Å². The van der Waals surface area contributed by atoms with Crippen LogP contribution in [0.4, 0.5) is 0 Å². The van der Waals surface area contributed by atoms with Gasteiger partial charge in [0.1, 0.15) is 0 Å². The number of guanidine groups is 1. The molecule has 0 amide bonds. The number of nitrogens with zero attached hydrogens (tertiary/aromatic N) is 2. The van der Waals surface area contributed by atoms with Crippen molar-refractivity contribution in [2.24, 2.45) is 4.99 Å². The molecule has 22 heavy (non-hydrogen) atoms. The number of hydrogen-bond donors (Lipinski definition) is 2. The molecule has 7 heteroatoms. The maximum absolute atomic E-state index is 5.97. The molecule has 0 atom stereocenters. The van der Waals surface area contributed by atoms with Crippen LogP contribution in [0.5, 0.6) is 0 Å². The average molecular weight is 451 g/mol. The van der Waals surface area contributed by atoms with Gasteiger partial charge in [0.2, 0.25) is 0 Å². The van der Waals surface area contributed by atoms with Gasteiger partial charge in [0.25, 0.3) is 0 Å². The Bertz CT molecular complexity index is 615. The lowest BCUT2D eigenvalue weighted by Crippen LogP contribution is -2.37. The Morgan fingerprint density at radius 1 is 1.36 bits per heavy atom. The van der Waals surface area contributed by atoms with Crippen LogP contribution >= 0.6 is 46.9 Å². The number of aryl methyl sites for hydroxylation is 1. The molecule has 0 radical (unpaired) electrons. The SMILES string of the molecule is CN=C(NCCc1cccc(Cl)c1)NCc1scnc1C.I. The van der Waals surface area contributed by atoms with E-state index in [-0.39, 0.29) is 24.0 Å². The number of benzene rings is 1. The molecular formula is C15H20ClIN4S. The number of halogens is 2. The molecule has 2 aromatic rings. The van der Waals surface area contributed by atoms with Crippen molar-refractivity contribution in [3.63, 3.8) is 0 Å². The Balaban J connectivity index is 0.00000242. The molecule has 0 aliphatic rings. The molecule has 1 aromatic carbocycles. The fourth-order valence-electron chi connectivity index (χ4n) is 1.90. The maximum atomic E-state index is 5.97. The predicted octanol–water partition coefficient (Wildman–Crippen LogP) is 3.63. The summed E-state index contributed by atoms with van der Waals surface area (Å²) in [5.74, 6) is 0.796. The molecule has 1 heterocycles. The molecule has 120 valence electrons. The summed E-state index contributed by atoms with van der Waals surface area (Å²) in [5, 5.41) is 7.37. The minimum atomic E-state index is 0. The second kappa shape index (κ2) is 10.0. The zero-order valence-corrected chi connectivity index (χ0v) is 16.5. The first-order valence-corrected chi connectivity index (χ1v) is 8.02. The van der Waals surface area contributed by atoms with Gasteiger partial charge >= 0.3 is 0 Å². The van der Waals surface area contributed by atoms with Gasteiger partial charge in [-0.3, -0.25) is 4.99 Å². The van der Waals surface area contributed by atoms with Crippen molar-refractivity contribution in [3.8, 4) is 0 Å². The highest BCUT2D eigenvalue weighted by Gasteiger charge is 2.03. The van der Waals surface area contributed by atoms with Crippen LogP contribution < -0.4 is 10.6 Å². The third kappa shape index (κ3) is 6.10. The van der Waals surface area contributed by atoms with E-state index < -0.39 is 0 Å². The van der Waals surface area contributed by atoms with Crippen molar-refractivity contribution in [1.82, 2.24) is 15.6 Å². The van der Waals surface area contributed by atoms with Gasteiger partial charge < -0.3 is 10.6 Å². The van der Waals surface area contributed by atoms with Crippen molar-refractivity contribution in [2.45, 2.75) is 19.9 Å². The van der Waals surface area contributed by atoms with Crippen molar-refractivity contribution in [2.75, 3.05) is 13.6 Å². The van der Waals surface area contributed by atoms with Gasteiger partial charge in [0.15, 0.2) is 5.96 Å². The lowest BCUT2D eigenvalue weighted by atomic mass is 10.1.